The lowest BCUT2D eigenvalue weighted by atomic mass is 10.1. The standard InChI is InChI=1S/C30H30ClF4N3O4S/c1-20(29(40)36-23-10-6-7-11-23)37(18-21-9-5-8-14-26(21)32)28(39)19-38(43(41,42)24-12-3-2-4-13-24)27-17-22(30(33,34)35)15-16-25(27)31/h2-5,8-9,12-17,20,23H,6-7,10-11,18-19H2,1H3,(H,36,40). The maximum absolute atomic E-state index is 14.7. The summed E-state index contributed by atoms with van der Waals surface area (Å²) >= 11 is 6.24. The summed E-state index contributed by atoms with van der Waals surface area (Å²) in [6.07, 6.45) is -1.45. The highest BCUT2D eigenvalue weighted by molar-refractivity contribution is 7.92. The summed E-state index contributed by atoms with van der Waals surface area (Å²) in [4.78, 5) is 27.9. The van der Waals surface area contributed by atoms with Gasteiger partial charge in [0.05, 0.1) is 21.2 Å². The number of sulfonamides is 1. The van der Waals surface area contributed by atoms with E-state index in [0.717, 1.165) is 36.6 Å². The summed E-state index contributed by atoms with van der Waals surface area (Å²) in [5.41, 5.74) is -1.70. The van der Waals surface area contributed by atoms with E-state index in [4.69, 9.17) is 11.6 Å². The molecule has 1 atom stereocenters. The Kier molecular flexibility index (Phi) is 10.0. The van der Waals surface area contributed by atoms with E-state index in [-0.39, 0.29) is 21.5 Å². The first-order valence-electron chi connectivity index (χ1n) is 13.6. The Labute approximate surface area is 252 Å². The van der Waals surface area contributed by atoms with Crippen molar-refractivity contribution in [3.63, 3.8) is 0 Å². The summed E-state index contributed by atoms with van der Waals surface area (Å²) in [5, 5.41) is 2.53. The quantitative estimate of drug-likeness (QED) is 0.269. The first-order chi connectivity index (χ1) is 20.3. The predicted molar refractivity (Wildman–Crippen MR) is 154 cm³/mol. The molecule has 0 heterocycles. The van der Waals surface area contributed by atoms with E-state index in [0.29, 0.717) is 16.4 Å². The normalized spacial score (nSPS) is 14.7. The molecule has 1 unspecified atom stereocenters. The number of nitrogens with zero attached hydrogens (tertiary/aromatic N) is 2. The van der Waals surface area contributed by atoms with Crippen LogP contribution in [0.1, 0.15) is 43.7 Å². The van der Waals surface area contributed by atoms with Gasteiger partial charge >= 0.3 is 6.18 Å². The van der Waals surface area contributed by atoms with Gasteiger partial charge in [0.1, 0.15) is 18.4 Å². The average molecular weight is 640 g/mol. The minimum absolute atomic E-state index is 0.0611. The molecule has 4 rings (SSSR count). The van der Waals surface area contributed by atoms with Crippen LogP contribution >= 0.6 is 11.6 Å². The number of nitrogens with one attached hydrogen (secondary N) is 1. The fourth-order valence-electron chi connectivity index (χ4n) is 4.90. The molecule has 1 aliphatic carbocycles. The smallest absolute Gasteiger partial charge is 0.352 e. The van der Waals surface area contributed by atoms with Crippen LogP contribution in [0, 0.1) is 5.82 Å². The van der Waals surface area contributed by atoms with Crippen molar-refractivity contribution in [1.29, 1.82) is 0 Å². The molecule has 0 saturated heterocycles. The third kappa shape index (κ3) is 7.66. The number of hydrogen-bond acceptors (Lipinski definition) is 4. The van der Waals surface area contributed by atoms with E-state index in [9.17, 15) is 35.6 Å². The molecule has 0 aromatic heterocycles. The molecule has 13 heteroatoms. The lowest BCUT2D eigenvalue weighted by molar-refractivity contribution is -0.139. The van der Waals surface area contributed by atoms with E-state index < -0.39 is 64.2 Å². The van der Waals surface area contributed by atoms with Gasteiger partial charge in [-0.15, -0.1) is 0 Å². The topological polar surface area (TPSA) is 86.8 Å². The molecule has 0 radical (unpaired) electrons. The van der Waals surface area contributed by atoms with Gasteiger partial charge in [0.2, 0.25) is 11.8 Å². The number of rotatable bonds is 10. The van der Waals surface area contributed by atoms with Crippen LogP contribution < -0.4 is 9.62 Å². The number of alkyl halides is 3. The van der Waals surface area contributed by atoms with Crippen LogP contribution in [0.5, 0.6) is 0 Å². The zero-order chi connectivity index (χ0) is 31.4. The maximum Gasteiger partial charge on any atom is 0.416 e. The number of halogens is 5. The Morgan fingerprint density at radius 2 is 1.63 bits per heavy atom. The van der Waals surface area contributed by atoms with E-state index in [1.54, 1.807) is 12.1 Å². The number of carbonyl (C=O) groups is 2. The molecular formula is C30H30ClF4N3O4S. The van der Waals surface area contributed by atoms with E-state index in [1.165, 1.54) is 49.4 Å². The molecule has 1 fully saturated rings. The van der Waals surface area contributed by atoms with Crippen molar-refractivity contribution < 1.29 is 35.6 Å². The van der Waals surface area contributed by atoms with Crippen LogP contribution in [0.25, 0.3) is 0 Å². The average Bonchev–Trinajstić information content (AvgIpc) is 3.48. The van der Waals surface area contributed by atoms with E-state index in [1.807, 2.05) is 0 Å². The van der Waals surface area contributed by atoms with Crippen molar-refractivity contribution >= 4 is 39.1 Å². The highest BCUT2D eigenvalue weighted by atomic mass is 35.5. The highest BCUT2D eigenvalue weighted by Gasteiger charge is 2.37. The number of benzene rings is 3. The number of hydrogen-bond donors (Lipinski definition) is 1. The first-order valence-corrected chi connectivity index (χ1v) is 15.4. The molecule has 0 aliphatic heterocycles. The van der Waals surface area contributed by atoms with E-state index in [2.05, 4.69) is 5.32 Å². The van der Waals surface area contributed by atoms with Gasteiger partial charge in [-0.25, -0.2) is 12.8 Å². The van der Waals surface area contributed by atoms with Gasteiger partial charge in [0.15, 0.2) is 0 Å². The molecule has 0 bridgehead atoms. The molecule has 1 N–H and O–H groups in total. The summed E-state index contributed by atoms with van der Waals surface area (Å²) in [5.74, 6) is -2.13. The predicted octanol–water partition coefficient (Wildman–Crippen LogP) is 6.17. The van der Waals surface area contributed by atoms with Crippen molar-refractivity contribution in [3.8, 4) is 0 Å². The fourth-order valence-corrected chi connectivity index (χ4v) is 6.61. The van der Waals surface area contributed by atoms with Crippen molar-refractivity contribution in [2.45, 2.75) is 62.3 Å². The summed E-state index contributed by atoms with van der Waals surface area (Å²) in [6.45, 7) is 0.00435. The third-order valence-corrected chi connectivity index (χ3v) is 9.41. The van der Waals surface area contributed by atoms with Gasteiger partial charge in [-0.2, -0.15) is 13.2 Å². The van der Waals surface area contributed by atoms with Gasteiger partial charge in [0, 0.05) is 18.2 Å². The van der Waals surface area contributed by atoms with Crippen molar-refractivity contribution in [1.82, 2.24) is 10.2 Å². The lowest BCUT2D eigenvalue weighted by Crippen LogP contribution is -2.52. The zero-order valence-corrected chi connectivity index (χ0v) is 24.7. The van der Waals surface area contributed by atoms with Crippen LogP contribution in [-0.4, -0.2) is 43.8 Å². The van der Waals surface area contributed by atoms with Crippen LogP contribution in [0.4, 0.5) is 23.2 Å². The van der Waals surface area contributed by atoms with Crippen molar-refractivity contribution in [2.24, 2.45) is 0 Å². The fraction of sp³-hybridized carbons (Fsp3) is 0.333. The van der Waals surface area contributed by atoms with Crippen LogP contribution in [0.2, 0.25) is 5.02 Å². The SMILES string of the molecule is CC(C(=O)NC1CCCC1)N(Cc1ccccc1F)C(=O)CN(c1cc(C(F)(F)F)ccc1Cl)S(=O)(=O)c1ccccc1. The third-order valence-electron chi connectivity index (χ3n) is 7.32. The van der Waals surface area contributed by atoms with E-state index >= 15 is 0 Å². The molecule has 7 nitrogen and oxygen atoms in total. The molecule has 3 aromatic carbocycles. The first kappa shape index (κ1) is 32.3. The summed E-state index contributed by atoms with van der Waals surface area (Å²) < 4.78 is 83.8. The second kappa shape index (κ2) is 13.3. The largest absolute Gasteiger partial charge is 0.416 e. The molecule has 1 aliphatic rings. The molecule has 0 spiro atoms. The van der Waals surface area contributed by atoms with Gasteiger partial charge in [0.25, 0.3) is 10.0 Å². The van der Waals surface area contributed by atoms with Crippen LogP contribution in [-0.2, 0) is 32.3 Å². The zero-order valence-electron chi connectivity index (χ0n) is 23.2. The molecule has 3 aromatic rings. The van der Waals surface area contributed by atoms with Crippen LogP contribution in [0.15, 0.2) is 77.7 Å². The molecule has 2 amide bonds. The molecular weight excluding hydrogens is 610 g/mol. The van der Waals surface area contributed by atoms with Crippen LogP contribution in [0.3, 0.4) is 0 Å². The minimum Gasteiger partial charge on any atom is -0.352 e. The highest BCUT2D eigenvalue weighted by Crippen LogP contribution is 2.37. The lowest BCUT2D eigenvalue weighted by Gasteiger charge is -2.33. The van der Waals surface area contributed by atoms with Gasteiger partial charge < -0.3 is 10.2 Å². The second-order valence-electron chi connectivity index (χ2n) is 10.3. The Balaban J connectivity index is 1.77. The number of carbonyl (C=O) groups excluding carboxylic acids is 2. The monoisotopic (exact) mass is 639 g/mol. The Morgan fingerprint density at radius 1 is 1.00 bits per heavy atom. The van der Waals surface area contributed by atoms with Crippen molar-refractivity contribution in [3.05, 3.63) is 94.8 Å². The summed E-state index contributed by atoms with van der Waals surface area (Å²) in [7, 11) is -4.65. The minimum atomic E-state index is -4.84. The molecule has 230 valence electrons. The number of amides is 2. The van der Waals surface area contributed by atoms with Gasteiger partial charge in [-0.05, 0) is 56.2 Å². The maximum atomic E-state index is 14.7. The van der Waals surface area contributed by atoms with Crippen molar-refractivity contribution in [2.75, 3.05) is 10.8 Å². The molecule has 43 heavy (non-hydrogen) atoms. The Hall–Kier alpha value is -3.64. The molecule has 1 saturated carbocycles. The second-order valence-corrected chi connectivity index (χ2v) is 12.5. The van der Waals surface area contributed by atoms with Gasteiger partial charge in [-0.1, -0.05) is 60.8 Å². The van der Waals surface area contributed by atoms with Gasteiger partial charge in [-0.3, -0.25) is 13.9 Å². The number of anilines is 1. The Bertz CT molecular complexity index is 1570. The summed E-state index contributed by atoms with van der Waals surface area (Å²) in [6, 6.07) is 13.3. The Morgan fingerprint density at radius 3 is 2.26 bits per heavy atom.